The van der Waals surface area contributed by atoms with Crippen molar-refractivity contribution in [1.82, 2.24) is 15.2 Å². The fourth-order valence-corrected chi connectivity index (χ4v) is 0.760. The van der Waals surface area contributed by atoms with Crippen molar-refractivity contribution in [2.24, 2.45) is 5.73 Å². The summed E-state index contributed by atoms with van der Waals surface area (Å²) >= 11 is 0. The van der Waals surface area contributed by atoms with E-state index in [-0.39, 0.29) is 5.82 Å². The van der Waals surface area contributed by atoms with Gasteiger partial charge in [-0.3, -0.25) is 5.10 Å². The van der Waals surface area contributed by atoms with E-state index in [1.165, 1.54) is 0 Å². The van der Waals surface area contributed by atoms with E-state index in [2.05, 4.69) is 15.2 Å². The quantitative estimate of drug-likeness (QED) is 0.744. The predicted molar refractivity (Wildman–Crippen MR) is 38.6 cm³/mol. The van der Waals surface area contributed by atoms with Crippen molar-refractivity contribution in [1.29, 1.82) is 0 Å². The Bertz CT molecular complexity index is 280. The van der Waals surface area contributed by atoms with E-state index in [1.54, 1.807) is 6.92 Å². The number of aromatic amines is 1. The van der Waals surface area contributed by atoms with Gasteiger partial charge in [-0.05, 0) is 6.42 Å². The Hall–Kier alpha value is -1.11. The second-order valence-corrected chi connectivity index (χ2v) is 2.56. The smallest absolute Gasteiger partial charge is 0.321 e. The van der Waals surface area contributed by atoms with Crippen molar-refractivity contribution >= 4 is 0 Å². The minimum absolute atomic E-state index is 0.0647. The molecule has 0 aliphatic carbocycles. The summed E-state index contributed by atoms with van der Waals surface area (Å²) in [5, 5.41) is 5.17. The molecule has 0 amide bonds. The van der Waals surface area contributed by atoms with Gasteiger partial charge in [0.05, 0.1) is 6.04 Å². The Balaban J connectivity index is 2.87. The fraction of sp³-hybridized carbons (Fsp3) is 0.667. The molecule has 4 nitrogen and oxygen atoms in total. The molecule has 0 aromatic carbocycles. The van der Waals surface area contributed by atoms with Crippen molar-refractivity contribution in [2.45, 2.75) is 25.6 Å². The predicted octanol–water partition coefficient (Wildman–Crippen LogP) is 1.23. The van der Waals surface area contributed by atoms with Gasteiger partial charge in [-0.25, -0.2) is 4.98 Å². The first-order chi connectivity index (χ1) is 5.95. The normalized spacial score (nSPS) is 14.5. The van der Waals surface area contributed by atoms with Crippen LogP contribution in [0.25, 0.3) is 0 Å². The average Bonchev–Trinajstić information content (AvgIpc) is 2.50. The van der Waals surface area contributed by atoms with Crippen molar-refractivity contribution in [3.63, 3.8) is 0 Å². The number of halogens is 3. The van der Waals surface area contributed by atoms with E-state index in [4.69, 9.17) is 5.73 Å². The summed E-state index contributed by atoms with van der Waals surface area (Å²) in [6, 6.07) is -0.524. The van der Waals surface area contributed by atoms with Gasteiger partial charge in [-0.15, -0.1) is 5.10 Å². The zero-order valence-corrected chi connectivity index (χ0v) is 6.89. The summed E-state index contributed by atoms with van der Waals surface area (Å²) in [4.78, 5) is 3.24. The molecular weight excluding hydrogens is 185 g/mol. The minimum Gasteiger partial charge on any atom is -0.321 e. The highest BCUT2D eigenvalue weighted by atomic mass is 19.4. The molecule has 1 rings (SSSR count). The molecule has 1 aromatic heterocycles. The van der Waals surface area contributed by atoms with Crippen LogP contribution in [0.1, 0.15) is 31.0 Å². The first-order valence-electron chi connectivity index (χ1n) is 3.70. The van der Waals surface area contributed by atoms with Crippen LogP contribution < -0.4 is 5.73 Å². The number of nitrogens with zero attached hydrogens (tertiary/aromatic N) is 2. The maximum Gasteiger partial charge on any atom is 0.453 e. The van der Waals surface area contributed by atoms with Crippen LogP contribution in [-0.2, 0) is 6.18 Å². The first kappa shape index (κ1) is 9.97. The average molecular weight is 194 g/mol. The molecule has 3 N–H and O–H groups in total. The number of H-pyrrole nitrogens is 1. The summed E-state index contributed by atoms with van der Waals surface area (Å²) in [7, 11) is 0. The monoisotopic (exact) mass is 194 g/mol. The van der Waals surface area contributed by atoms with Crippen LogP contribution in [0.3, 0.4) is 0 Å². The van der Waals surface area contributed by atoms with E-state index >= 15 is 0 Å². The summed E-state index contributed by atoms with van der Waals surface area (Å²) in [5.41, 5.74) is 5.45. The molecule has 0 radical (unpaired) electrons. The standard InChI is InChI=1S/C6H9F3N4/c1-2-3(10)4-11-5(13-12-4)6(7,8)9/h3H,2,10H2,1H3,(H,11,12,13)/t3-/m0/s1. The molecule has 1 atom stereocenters. The summed E-state index contributed by atoms with van der Waals surface area (Å²) < 4.78 is 35.9. The molecule has 13 heavy (non-hydrogen) atoms. The fourth-order valence-electron chi connectivity index (χ4n) is 0.760. The number of alkyl halides is 3. The lowest BCUT2D eigenvalue weighted by Gasteiger charge is -2.02. The largest absolute Gasteiger partial charge is 0.453 e. The Kier molecular flexibility index (Phi) is 2.55. The highest BCUT2D eigenvalue weighted by molar-refractivity contribution is 4.97. The van der Waals surface area contributed by atoms with Gasteiger partial charge in [0, 0.05) is 0 Å². The van der Waals surface area contributed by atoms with E-state index in [9.17, 15) is 13.2 Å². The van der Waals surface area contributed by atoms with E-state index < -0.39 is 18.0 Å². The molecule has 0 saturated carbocycles. The summed E-state index contributed by atoms with van der Waals surface area (Å²) in [5.74, 6) is -1.11. The third-order valence-electron chi connectivity index (χ3n) is 1.55. The van der Waals surface area contributed by atoms with Gasteiger partial charge in [0.15, 0.2) is 0 Å². The number of rotatable bonds is 2. The lowest BCUT2D eigenvalue weighted by Crippen LogP contribution is -2.11. The Morgan fingerprint density at radius 3 is 2.54 bits per heavy atom. The Morgan fingerprint density at radius 2 is 2.15 bits per heavy atom. The molecule has 1 heterocycles. The van der Waals surface area contributed by atoms with Crippen LogP contribution in [-0.4, -0.2) is 15.2 Å². The third kappa shape index (κ3) is 2.18. The molecule has 74 valence electrons. The zero-order chi connectivity index (χ0) is 10.1. The number of hydrogen-bond donors (Lipinski definition) is 2. The van der Waals surface area contributed by atoms with E-state index in [1.807, 2.05) is 0 Å². The number of aromatic nitrogens is 3. The molecule has 1 aromatic rings. The van der Waals surface area contributed by atoms with Crippen molar-refractivity contribution in [3.05, 3.63) is 11.6 Å². The van der Waals surface area contributed by atoms with E-state index in [0.29, 0.717) is 6.42 Å². The zero-order valence-electron chi connectivity index (χ0n) is 6.89. The van der Waals surface area contributed by atoms with Crippen LogP contribution in [0, 0.1) is 0 Å². The van der Waals surface area contributed by atoms with Crippen molar-refractivity contribution in [2.75, 3.05) is 0 Å². The van der Waals surface area contributed by atoms with Gasteiger partial charge in [0.1, 0.15) is 5.82 Å². The lowest BCUT2D eigenvalue weighted by molar-refractivity contribution is -0.144. The Labute approximate surface area is 72.3 Å². The molecule has 0 fully saturated rings. The topological polar surface area (TPSA) is 67.6 Å². The molecule has 0 unspecified atom stereocenters. The van der Waals surface area contributed by atoms with Crippen LogP contribution in [0.2, 0.25) is 0 Å². The van der Waals surface area contributed by atoms with Gasteiger partial charge in [0.25, 0.3) is 5.82 Å². The SMILES string of the molecule is CC[C@H](N)c1nc(C(F)(F)F)n[nH]1. The maximum absolute atomic E-state index is 12.0. The third-order valence-corrected chi connectivity index (χ3v) is 1.55. The maximum atomic E-state index is 12.0. The van der Waals surface area contributed by atoms with Gasteiger partial charge in [-0.1, -0.05) is 6.92 Å². The van der Waals surface area contributed by atoms with Crippen LogP contribution in [0.4, 0.5) is 13.2 Å². The number of hydrogen-bond acceptors (Lipinski definition) is 3. The van der Waals surface area contributed by atoms with Crippen LogP contribution in [0.15, 0.2) is 0 Å². The number of nitrogens with two attached hydrogens (primary N) is 1. The van der Waals surface area contributed by atoms with Crippen LogP contribution >= 0.6 is 0 Å². The van der Waals surface area contributed by atoms with Gasteiger partial charge in [-0.2, -0.15) is 13.2 Å². The first-order valence-corrected chi connectivity index (χ1v) is 3.70. The molecule has 0 aliphatic heterocycles. The lowest BCUT2D eigenvalue weighted by atomic mass is 10.2. The molecule has 0 spiro atoms. The molecule has 0 bridgehead atoms. The molecule has 0 saturated heterocycles. The summed E-state index contributed by atoms with van der Waals surface area (Å²) in [6.07, 6.45) is -4.01. The number of nitrogens with one attached hydrogen (secondary N) is 1. The van der Waals surface area contributed by atoms with E-state index in [0.717, 1.165) is 0 Å². The second kappa shape index (κ2) is 3.33. The van der Waals surface area contributed by atoms with Crippen molar-refractivity contribution < 1.29 is 13.2 Å². The van der Waals surface area contributed by atoms with Gasteiger partial charge < -0.3 is 5.73 Å². The van der Waals surface area contributed by atoms with Crippen molar-refractivity contribution in [3.8, 4) is 0 Å². The van der Waals surface area contributed by atoms with Crippen LogP contribution in [0.5, 0.6) is 0 Å². The highest BCUT2D eigenvalue weighted by Crippen LogP contribution is 2.26. The molecular formula is C6H9F3N4. The Morgan fingerprint density at radius 1 is 1.54 bits per heavy atom. The second-order valence-electron chi connectivity index (χ2n) is 2.56. The highest BCUT2D eigenvalue weighted by Gasteiger charge is 2.36. The minimum atomic E-state index is -4.51. The summed E-state index contributed by atoms with van der Waals surface area (Å²) in [6.45, 7) is 1.75. The molecule has 0 aliphatic rings. The van der Waals surface area contributed by atoms with Gasteiger partial charge >= 0.3 is 6.18 Å². The molecule has 7 heteroatoms. The van der Waals surface area contributed by atoms with Gasteiger partial charge in [0.2, 0.25) is 0 Å².